The highest BCUT2D eigenvalue weighted by atomic mass is 32.2. The molecule has 0 saturated carbocycles. The molecule has 8 aromatic rings. The number of hydrogen-bond acceptors (Lipinski definition) is 10. The van der Waals surface area contributed by atoms with Gasteiger partial charge in [-0.2, -0.15) is 0 Å². The highest BCUT2D eigenvalue weighted by molar-refractivity contribution is 7.99. The molecule has 0 spiro atoms. The third kappa shape index (κ3) is 5.30. The number of hydrogen-bond donors (Lipinski definition) is 3. The molecule has 2 amide bonds. The van der Waals surface area contributed by atoms with Gasteiger partial charge in [-0.1, -0.05) is 11.8 Å². The van der Waals surface area contributed by atoms with Crippen LogP contribution in [0.4, 0.5) is 34.1 Å². The lowest BCUT2D eigenvalue weighted by atomic mass is 10.1. The molecule has 0 atom stereocenters. The summed E-state index contributed by atoms with van der Waals surface area (Å²) >= 11 is 1.51. The first-order valence-electron chi connectivity index (χ1n) is 15.7. The van der Waals surface area contributed by atoms with Gasteiger partial charge in [0.2, 0.25) is 0 Å². The first-order valence-corrected chi connectivity index (χ1v) is 16.6. The number of non-ortho nitro benzene ring substituents is 2. The summed E-state index contributed by atoms with van der Waals surface area (Å²) in [5.74, 6) is -0.696. The summed E-state index contributed by atoms with van der Waals surface area (Å²) in [7, 11) is 0. The minimum absolute atomic E-state index is 0.0714. The van der Waals surface area contributed by atoms with Crippen LogP contribution < -0.4 is 16.0 Å². The van der Waals surface area contributed by atoms with Crippen LogP contribution in [0.1, 0.15) is 20.7 Å². The van der Waals surface area contributed by atoms with Crippen LogP contribution >= 0.6 is 11.8 Å². The van der Waals surface area contributed by atoms with Gasteiger partial charge < -0.3 is 24.8 Å². The molecule has 2 aromatic heterocycles. The molecular formula is C38H21N5O8S. The van der Waals surface area contributed by atoms with E-state index in [0.29, 0.717) is 56.2 Å². The molecule has 52 heavy (non-hydrogen) atoms. The maximum Gasteiger partial charge on any atom is 0.273 e. The van der Waals surface area contributed by atoms with Crippen molar-refractivity contribution >= 4 is 102 Å². The maximum atomic E-state index is 13.3. The van der Waals surface area contributed by atoms with E-state index in [-0.39, 0.29) is 23.2 Å². The van der Waals surface area contributed by atoms with Gasteiger partial charge in [-0.3, -0.25) is 29.8 Å². The Balaban J connectivity index is 0.914. The Morgan fingerprint density at radius 1 is 0.538 bits per heavy atom. The highest BCUT2D eigenvalue weighted by Crippen LogP contribution is 2.45. The molecule has 0 radical (unpaired) electrons. The Morgan fingerprint density at radius 2 is 0.942 bits per heavy atom. The summed E-state index contributed by atoms with van der Waals surface area (Å²) in [6.45, 7) is 0. The lowest BCUT2D eigenvalue weighted by molar-refractivity contribution is -0.384. The number of nitro groups is 2. The Bertz CT molecular complexity index is 2690. The van der Waals surface area contributed by atoms with Crippen LogP contribution in [0.15, 0.2) is 128 Å². The van der Waals surface area contributed by atoms with Gasteiger partial charge in [-0.05, 0) is 72.8 Å². The number of amides is 2. The molecule has 0 fully saturated rings. The van der Waals surface area contributed by atoms with Gasteiger partial charge in [0.25, 0.3) is 23.2 Å². The molecule has 3 N–H and O–H groups in total. The van der Waals surface area contributed by atoms with Crippen LogP contribution in [0.3, 0.4) is 0 Å². The van der Waals surface area contributed by atoms with Crippen molar-refractivity contribution in [2.45, 2.75) is 9.79 Å². The number of nitro benzene ring substituents is 2. The fourth-order valence-corrected chi connectivity index (χ4v) is 7.25. The normalized spacial score (nSPS) is 12.0. The number of benzene rings is 6. The summed E-state index contributed by atoms with van der Waals surface area (Å²) in [6.07, 6.45) is 0. The van der Waals surface area contributed by atoms with E-state index in [2.05, 4.69) is 16.0 Å². The van der Waals surface area contributed by atoms with Crippen LogP contribution in [0.25, 0.3) is 43.9 Å². The number of carbonyl (C=O) groups excluding carboxylic acids is 2. The summed E-state index contributed by atoms with van der Waals surface area (Å²) in [4.78, 5) is 49.9. The fourth-order valence-electron chi connectivity index (χ4n) is 6.30. The number of carbonyl (C=O) groups is 2. The van der Waals surface area contributed by atoms with E-state index in [4.69, 9.17) is 8.83 Å². The van der Waals surface area contributed by atoms with E-state index >= 15 is 0 Å². The Kier molecular flexibility index (Phi) is 6.94. The van der Waals surface area contributed by atoms with Gasteiger partial charge in [0.05, 0.1) is 33.4 Å². The molecule has 3 heterocycles. The third-order valence-electron chi connectivity index (χ3n) is 8.82. The SMILES string of the molecule is O=C(Nc1ccc2c(c1)oc1cc([N+](=O)[O-])ccc12)c1ccc2c(c1)Nc1cc(C(=O)Nc3ccc4c(c3)oc3cc([N+](=O)[O-])ccc34)ccc1S2. The number of rotatable bonds is 6. The molecule has 0 bridgehead atoms. The van der Waals surface area contributed by atoms with E-state index in [9.17, 15) is 29.8 Å². The Morgan fingerprint density at radius 3 is 1.37 bits per heavy atom. The van der Waals surface area contributed by atoms with Gasteiger partial charge in [-0.15, -0.1) is 0 Å². The van der Waals surface area contributed by atoms with Gasteiger partial charge in [-0.25, -0.2) is 0 Å². The Labute approximate surface area is 295 Å². The van der Waals surface area contributed by atoms with Crippen molar-refractivity contribution in [3.63, 3.8) is 0 Å². The van der Waals surface area contributed by atoms with E-state index in [1.807, 2.05) is 12.1 Å². The van der Waals surface area contributed by atoms with Crippen LogP contribution in [-0.2, 0) is 0 Å². The zero-order chi connectivity index (χ0) is 35.7. The van der Waals surface area contributed by atoms with Crippen LogP contribution in [-0.4, -0.2) is 21.7 Å². The number of anilines is 4. The van der Waals surface area contributed by atoms with Crippen LogP contribution in [0.2, 0.25) is 0 Å². The van der Waals surface area contributed by atoms with Crippen LogP contribution in [0.5, 0.6) is 0 Å². The second-order valence-electron chi connectivity index (χ2n) is 12.1. The van der Waals surface area contributed by atoms with Crippen molar-refractivity contribution in [2.24, 2.45) is 0 Å². The van der Waals surface area contributed by atoms with Crippen molar-refractivity contribution < 1.29 is 28.3 Å². The summed E-state index contributed by atoms with van der Waals surface area (Å²) in [6, 6.07) is 30.0. The highest BCUT2D eigenvalue weighted by Gasteiger charge is 2.21. The van der Waals surface area contributed by atoms with Crippen molar-refractivity contribution in [1.29, 1.82) is 0 Å². The maximum absolute atomic E-state index is 13.3. The predicted octanol–water partition coefficient (Wildman–Crippen LogP) is 10.0. The van der Waals surface area contributed by atoms with Crippen molar-refractivity contribution in [3.05, 3.63) is 141 Å². The molecule has 14 heteroatoms. The Hall–Kier alpha value is -7.19. The largest absolute Gasteiger partial charge is 0.456 e. The molecule has 13 nitrogen and oxygen atoms in total. The summed E-state index contributed by atoms with van der Waals surface area (Å²) in [5.41, 5.74) is 4.79. The molecule has 1 aliphatic heterocycles. The van der Waals surface area contributed by atoms with Gasteiger partial charge in [0.15, 0.2) is 0 Å². The molecule has 0 aliphatic carbocycles. The standard InChI is InChI=1S/C38H21N5O8S/c44-37(39-21-3-7-25-27-9-5-23(42(46)47)17-33(27)50-31(25)15-21)19-1-11-35-29(13-19)41-30-14-20(2-12-36(30)52-35)38(45)40-22-4-8-26-28-10-6-24(43(48)49)18-34(28)51-32(26)16-22/h1-18,41H,(H,39,44)(H,40,45). The van der Waals surface area contributed by atoms with E-state index < -0.39 is 9.85 Å². The average molecular weight is 708 g/mol. The second-order valence-corrected chi connectivity index (χ2v) is 13.1. The molecule has 0 unspecified atom stereocenters. The molecule has 6 aromatic carbocycles. The zero-order valence-corrected chi connectivity index (χ0v) is 27.3. The van der Waals surface area contributed by atoms with Gasteiger partial charge in [0, 0.05) is 78.1 Å². The lowest BCUT2D eigenvalue weighted by Crippen LogP contribution is -2.14. The minimum Gasteiger partial charge on any atom is -0.456 e. The third-order valence-corrected chi connectivity index (χ3v) is 9.98. The van der Waals surface area contributed by atoms with Crippen molar-refractivity contribution in [2.75, 3.05) is 16.0 Å². The number of fused-ring (bicyclic) bond motifs is 8. The quantitative estimate of drug-likeness (QED) is 0.111. The minimum atomic E-state index is -0.480. The number of furan rings is 2. The number of nitrogens with zero attached hydrogens (tertiary/aromatic N) is 2. The van der Waals surface area contributed by atoms with Crippen molar-refractivity contribution in [3.8, 4) is 0 Å². The van der Waals surface area contributed by atoms with E-state index in [1.54, 1.807) is 72.8 Å². The average Bonchev–Trinajstić information content (AvgIpc) is 3.69. The summed E-state index contributed by atoms with van der Waals surface area (Å²) in [5, 5.41) is 34.5. The molecule has 252 valence electrons. The first-order chi connectivity index (χ1) is 25.2. The number of nitrogens with one attached hydrogen (secondary N) is 3. The van der Waals surface area contributed by atoms with E-state index in [1.165, 1.54) is 36.0 Å². The topological polar surface area (TPSA) is 183 Å². The second kappa shape index (κ2) is 11.7. The molecule has 9 rings (SSSR count). The monoisotopic (exact) mass is 707 g/mol. The van der Waals surface area contributed by atoms with E-state index in [0.717, 1.165) is 31.3 Å². The van der Waals surface area contributed by atoms with Gasteiger partial charge >= 0.3 is 0 Å². The lowest BCUT2D eigenvalue weighted by Gasteiger charge is -2.22. The molecule has 0 saturated heterocycles. The van der Waals surface area contributed by atoms with Crippen LogP contribution in [0, 0.1) is 20.2 Å². The molecular weight excluding hydrogens is 687 g/mol. The molecule has 1 aliphatic rings. The zero-order valence-electron chi connectivity index (χ0n) is 26.5. The van der Waals surface area contributed by atoms with Gasteiger partial charge in [0.1, 0.15) is 22.3 Å². The smallest absolute Gasteiger partial charge is 0.273 e. The summed E-state index contributed by atoms with van der Waals surface area (Å²) < 4.78 is 11.7. The first kappa shape index (κ1) is 30.8. The predicted molar refractivity (Wildman–Crippen MR) is 197 cm³/mol. The van der Waals surface area contributed by atoms with Crippen molar-refractivity contribution in [1.82, 2.24) is 0 Å². The fraction of sp³-hybridized carbons (Fsp3) is 0.